The van der Waals surface area contributed by atoms with E-state index in [1.807, 2.05) is 16.7 Å². The summed E-state index contributed by atoms with van der Waals surface area (Å²) >= 11 is 0. The summed E-state index contributed by atoms with van der Waals surface area (Å²) in [5, 5.41) is 8.95. The Bertz CT molecular complexity index is 554. The summed E-state index contributed by atoms with van der Waals surface area (Å²) < 4.78 is 12.9. The molecule has 0 aromatic heterocycles. The lowest BCUT2D eigenvalue weighted by atomic mass is 10.0. The largest absolute Gasteiger partial charge is 0.480 e. The molecule has 1 aromatic rings. The van der Waals surface area contributed by atoms with Gasteiger partial charge in [-0.1, -0.05) is 19.1 Å². The number of likely N-dealkylation sites (N-methyl/N-ethyl adjacent to an activating group) is 1. The van der Waals surface area contributed by atoms with Crippen LogP contribution in [0.25, 0.3) is 0 Å². The Hall–Kier alpha value is -1.95. The van der Waals surface area contributed by atoms with Crippen LogP contribution in [-0.4, -0.2) is 59.0 Å². The highest BCUT2D eigenvalue weighted by Gasteiger charge is 2.26. The van der Waals surface area contributed by atoms with Crippen molar-refractivity contribution < 1.29 is 19.1 Å². The van der Waals surface area contributed by atoms with Crippen LogP contribution in [0.2, 0.25) is 0 Å². The molecule has 0 saturated carbocycles. The standard InChI is InChI=1S/C18H25FN2O3/c1-2-20(13-18(23)24)16-9-11-21(12-10-16)17(22)8-5-14-3-6-15(19)7-4-14/h3-4,6-7,16H,2,5,8-13H2,1H3,(H,23,24). The van der Waals surface area contributed by atoms with Gasteiger partial charge >= 0.3 is 5.97 Å². The summed E-state index contributed by atoms with van der Waals surface area (Å²) in [6.07, 6.45) is 2.65. The summed E-state index contributed by atoms with van der Waals surface area (Å²) in [6.45, 7) is 4.06. The average molecular weight is 336 g/mol. The zero-order valence-electron chi connectivity index (χ0n) is 14.1. The number of rotatable bonds is 7. The van der Waals surface area contributed by atoms with Gasteiger partial charge in [0.2, 0.25) is 5.91 Å². The summed E-state index contributed by atoms with van der Waals surface area (Å²) in [6, 6.07) is 6.46. The second kappa shape index (κ2) is 8.78. The molecule has 2 rings (SSSR count). The predicted molar refractivity (Wildman–Crippen MR) is 89.2 cm³/mol. The van der Waals surface area contributed by atoms with Crippen LogP contribution in [-0.2, 0) is 16.0 Å². The van der Waals surface area contributed by atoms with E-state index in [2.05, 4.69) is 0 Å². The zero-order valence-corrected chi connectivity index (χ0v) is 14.1. The Balaban J connectivity index is 1.77. The van der Waals surface area contributed by atoms with Gasteiger partial charge in [0.05, 0.1) is 6.54 Å². The molecule has 0 spiro atoms. The second-order valence-corrected chi connectivity index (χ2v) is 6.20. The maximum Gasteiger partial charge on any atom is 0.317 e. The quantitative estimate of drug-likeness (QED) is 0.829. The highest BCUT2D eigenvalue weighted by Crippen LogP contribution is 2.17. The summed E-state index contributed by atoms with van der Waals surface area (Å²) in [5.41, 5.74) is 0.957. The smallest absolute Gasteiger partial charge is 0.317 e. The maximum atomic E-state index is 12.9. The Kier molecular flexibility index (Phi) is 6.73. The lowest BCUT2D eigenvalue weighted by molar-refractivity contribution is -0.140. The monoisotopic (exact) mass is 336 g/mol. The first-order valence-corrected chi connectivity index (χ1v) is 8.47. The molecule has 1 aliphatic rings. The van der Waals surface area contributed by atoms with Crippen molar-refractivity contribution in [3.05, 3.63) is 35.6 Å². The number of nitrogens with zero attached hydrogens (tertiary/aromatic N) is 2. The number of piperidine rings is 1. The maximum absolute atomic E-state index is 12.9. The molecular weight excluding hydrogens is 311 g/mol. The minimum absolute atomic E-state index is 0.0552. The van der Waals surface area contributed by atoms with E-state index in [4.69, 9.17) is 5.11 Å². The van der Waals surface area contributed by atoms with Crippen molar-refractivity contribution in [1.29, 1.82) is 0 Å². The third-order valence-corrected chi connectivity index (χ3v) is 4.62. The number of carboxylic acid groups (broad SMARTS) is 1. The SMILES string of the molecule is CCN(CC(=O)O)C1CCN(C(=O)CCc2ccc(F)cc2)CC1. The predicted octanol–water partition coefficient (Wildman–Crippen LogP) is 2.16. The fourth-order valence-corrected chi connectivity index (χ4v) is 3.21. The van der Waals surface area contributed by atoms with Crippen molar-refractivity contribution in [2.75, 3.05) is 26.2 Å². The Labute approximate surface area is 142 Å². The van der Waals surface area contributed by atoms with E-state index >= 15 is 0 Å². The minimum Gasteiger partial charge on any atom is -0.480 e. The van der Waals surface area contributed by atoms with Crippen molar-refractivity contribution in [2.24, 2.45) is 0 Å². The molecule has 0 atom stereocenters. The molecule has 1 fully saturated rings. The molecule has 1 amide bonds. The van der Waals surface area contributed by atoms with Gasteiger partial charge in [0, 0.05) is 25.6 Å². The number of halogens is 1. The van der Waals surface area contributed by atoms with Crippen molar-refractivity contribution in [3.63, 3.8) is 0 Å². The highest BCUT2D eigenvalue weighted by molar-refractivity contribution is 5.76. The van der Waals surface area contributed by atoms with E-state index < -0.39 is 5.97 Å². The molecule has 1 N–H and O–H groups in total. The Morgan fingerprint density at radius 3 is 2.42 bits per heavy atom. The first kappa shape index (κ1) is 18.4. The molecule has 5 nitrogen and oxygen atoms in total. The van der Waals surface area contributed by atoms with Gasteiger partial charge in [-0.05, 0) is 43.5 Å². The number of hydrogen-bond acceptors (Lipinski definition) is 3. The molecule has 0 bridgehead atoms. The zero-order chi connectivity index (χ0) is 17.5. The van der Waals surface area contributed by atoms with Crippen molar-refractivity contribution >= 4 is 11.9 Å². The van der Waals surface area contributed by atoms with Gasteiger partial charge in [0.15, 0.2) is 0 Å². The molecule has 0 unspecified atom stereocenters. The molecule has 0 aliphatic carbocycles. The minimum atomic E-state index is -0.811. The van der Waals surface area contributed by atoms with Crippen LogP contribution in [0.1, 0.15) is 31.7 Å². The number of aliphatic carboxylic acids is 1. The summed E-state index contributed by atoms with van der Waals surface area (Å²) in [7, 11) is 0. The fraction of sp³-hybridized carbons (Fsp3) is 0.556. The van der Waals surface area contributed by atoms with Crippen LogP contribution in [0, 0.1) is 5.82 Å². The van der Waals surface area contributed by atoms with Crippen molar-refractivity contribution in [1.82, 2.24) is 9.80 Å². The normalized spacial score (nSPS) is 15.7. The van der Waals surface area contributed by atoms with Crippen molar-refractivity contribution in [2.45, 2.75) is 38.6 Å². The van der Waals surface area contributed by atoms with Crippen LogP contribution in [0.15, 0.2) is 24.3 Å². The van der Waals surface area contributed by atoms with Gasteiger partial charge in [0.1, 0.15) is 5.82 Å². The van der Waals surface area contributed by atoms with E-state index in [0.29, 0.717) is 32.5 Å². The van der Waals surface area contributed by atoms with E-state index in [1.165, 1.54) is 12.1 Å². The molecule has 1 heterocycles. The fourth-order valence-electron chi connectivity index (χ4n) is 3.21. The number of carbonyl (C=O) groups is 2. The molecule has 1 aliphatic heterocycles. The number of aryl methyl sites for hydroxylation is 1. The molecular formula is C18H25FN2O3. The van der Waals surface area contributed by atoms with Crippen LogP contribution in [0.3, 0.4) is 0 Å². The molecule has 0 radical (unpaired) electrons. The molecule has 6 heteroatoms. The van der Waals surface area contributed by atoms with Gasteiger partial charge in [-0.25, -0.2) is 4.39 Å². The topological polar surface area (TPSA) is 60.9 Å². The van der Waals surface area contributed by atoms with Gasteiger partial charge in [-0.2, -0.15) is 0 Å². The van der Waals surface area contributed by atoms with Gasteiger partial charge < -0.3 is 10.0 Å². The number of benzene rings is 1. The van der Waals surface area contributed by atoms with Crippen molar-refractivity contribution in [3.8, 4) is 0 Å². The number of hydrogen-bond donors (Lipinski definition) is 1. The van der Waals surface area contributed by atoms with Crippen LogP contribution < -0.4 is 0 Å². The number of amides is 1. The van der Waals surface area contributed by atoms with E-state index in [9.17, 15) is 14.0 Å². The molecule has 24 heavy (non-hydrogen) atoms. The molecule has 1 aromatic carbocycles. The third kappa shape index (κ3) is 5.30. The van der Waals surface area contributed by atoms with E-state index in [1.54, 1.807) is 12.1 Å². The number of likely N-dealkylation sites (tertiary alicyclic amines) is 1. The van der Waals surface area contributed by atoms with Gasteiger partial charge in [-0.3, -0.25) is 14.5 Å². The van der Waals surface area contributed by atoms with Crippen LogP contribution in [0.4, 0.5) is 4.39 Å². The first-order chi connectivity index (χ1) is 11.5. The summed E-state index contributed by atoms with van der Waals surface area (Å²) in [4.78, 5) is 27.0. The molecule has 1 saturated heterocycles. The first-order valence-electron chi connectivity index (χ1n) is 8.47. The Morgan fingerprint density at radius 2 is 1.88 bits per heavy atom. The number of carbonyl (C=O) groups excluding carboxylic acids is 1. The van der Waals surface area contributed by atoms with Gasteiger partial charge in [-0.15, -0.1) is 0 Å². The van der Waals surface area contributed by atoms with Gasteiger partial charge in [0.25, 0.3) is 0 Å². The lowest BCUT2D eigenvalue weighted by Crippen LogP contribution is -2.48. The van der Waals surface area contributed by atoms with E-state index in [0.717, 1.165) is 18.4 Å². The Morgan fingerprint density at radius 1 is 1.25 bits per heavy atom. The molecule has 132 valence electrons. The van der Waals surface area contributed by atoms with Crippen LogP contribution >= 0.6 is 0 Å². The highest BCUT2D eigenvalue weighted by atomic mass is 19.1. The summed E-state index contributed by atoms with van der Waals surface area (Å²) in [5.74, 6) is -0.970. The number of carboxylic acids is 1. The second-order valence-electron chi connectivity index (χ2n) is 6.20. The van der Waals surface area contributed by atoms with E-state index in [-0.39, 0.29) is 24.3 Å². The van der Waals surface area contributed by atoms with Crippen LogP contribution in [0.5, 0.6) is 0 Å². The average Bonchev–Trinajstić information content (AvgIpc) is 2.59. The lowest BCUT2D eigenvalue weighted by Gasteiger charge is -2.37. The third-order valence-electron chi connectivity index (χ3n) is 4.62.